The van der Waals surface area contributed by atoms with Gasteiger partial charge in [0.15, 0.2) is 0 Å². The fourth-order valence-corrected chi connectivity index (χ4v) is 5.36. The molecule has 0 spiro atoms. The van der Waals surface area contributed by atoms with Gasteiger partial charge in [-0.25, -0.2) is 9.18 Å². The number of nitrogens with zero attached hydrogens (tertiary/aromatic N) is 2. The van der Waals surface area contributed by atoms with Crippen LogP contribution in [0.3, 0.4) is 0 Å². The van der Waals surface area contributed by atoms with Crippen LogP contribution in [-0.4, -0.2) is 66.7 Å². The predicted molar refractivity (Wildman–Crippen MR) is 122 cm³/mol. The molecule has 9 heteroatoms. The van der Waals surface area contributed by atoms with Crippen molar-refractivity contribution in [2.24, 2.45) is 5.92 Å². The summed E-state index contributed by atoms with van der Waals surface area (Å²) < 4.78 is 14.9. The number of carbonyl (C=O) groups excluding carboxylic acids is 2. The molecule has 1 unspecified atom stereocenters. The Morgan fingerprint density at radius 3 is 2.45 bits per heavy atom. The summed E-state index contributed by atoms with van der Waals surface area (Å²) in [5.41, 5.74) is 1.18. The summed E-state index contributed by atoms with van der Waals surface area (Å²) in [5.74, 6) is -0.768. The van der Waals surface area contributed by atoms with Crippen LogP contribution in [0, 0.1) is 11.7 Å². The van der Waals surface area contributed by atoms with Crippen molar-refractivity contribution < 1.29 is 23.9 Å². The average molecular weight is 461 g/mol. The van der Waals surface area contributed by atoms with E-state index in [0.717, 1.165) is 64.8 Å². The molecule has 1 aromatic rings. The fraction of sp³-hybridized carbons (Fsp3) is 0.625. The molecule has 2 saturated heterocycles. The third kappa shape index (κ3) is 6.01. The van der Waals surface area contributed by atoms with Crippen molar-refractivity contribution in [3.63, 3.8) is 0 Å². The number of amides is 3. The van der Waals surface area contributed by atoms with Gasteiger partial charge in [-0.05, 0) is 68.7 Å². The van der Waals surface area contributed by atoms with Crippen molar-refractivity contribution in [2.75, 3.05) is 37.6 Å². The summed E-state index contributed by atoms with van der Waals surface area (Å²) in [6.45, 7) is 4.29. The molecule has 1 atom stereocenters. The van der Waals surface area contributed by atoms with Gasteiger partial charge in [0, 0.05) is 38.6 Å². The molecule has 1 saturated carbocycles. The van der Waals surface area contributed by atoms with Crippen LogP contribution < -0.4 is 15.5 Å². The molecule has 0 bridgehead atoms. The monoisotopic (exact) mass is 460 g/mol. The standard InChI is InChI=1S/C24H33FN4O4/c25-20-15-17(19-6-8-22(30)27-23(19)31)3-7-21(20)29-13-11-28(12-14-29)10-9-16-1-4-18(5-2-16)26-24(32)33/h3,7,15-16,18-19,26H,1-2,4-6,8-14H2,(H,32,33)(H,27,30,31)/t16-,18-,19?. The van der Waals surface area contributed by atoms with E-state index in [1.54, 1.807) is 12.1 Å². The Morgan fingerprint density at radius 1 is 1.09 bits per heavy atom. The topological polar surface area (TPSA) is 102 Å². The molecule has 1 aromatic carbocycles. The Morgan fingerprint density at radius 2 is 1.82 bits per heavy atom. The SMILES string of the molecule is O=C1CCC(c2ccc(N3CCN(CC[C@H]4CC[C@H](NC(=O)O)CC4)CC3)c(F)c2)C(=O)N1. The zero-order chi connectivity index (χ0) is 23.4. The van der Waals surface area contributed by atoms with Gasteiger partial charge in [0.05, 0.1) is 11.6 Å². The lowest BCUT2D eigenvalue weighted by Gasteiger charge is -2.37. The number of hydrogen-bond donors (Lipinski definition) is 3. The first-order valence-corrected chi connectivity index (χ1v) is 12.0. The predicted octanol–water partition coefficient (Wildman–Crippen LogP) is 2.68. The number of carboxylic acid groups (broad SMARTS) is 1. The molecular weight excluding hydrogens is 427 g/mol. The summed E-state index contributed by atoms with van der Waals surface area (Å²) in [6, 6.07) is 5.10. The number of halogens is 1. The molecule has 3 amide bonds. The van der Waals surface area contributed by atoms with Gasteiger partial charge in [0.25, 0.3) is 0 Å². The molecule has 2 aliphatic heterocycles. The van der Waals surface area contributed by atoms with E-state index in [9.17, 15) is 18.8 Å². The highest BCUT2D eigenvalue weighted by atomic mass is 19.1. The second kappa shape index (κ2) is 10.5. The fourth-order valence-electron chi connectivity index (χ4n) is 5.36. The number of rotatable bonds is 6. The molecule has 4 rings (SSSR count). The van der Waals surface area contributed by atoms with Gasteiger partial charge in [-0.15, -0.1) is 0 Å². The third-order valence-corrected chi connectivity index (χ3v) is 7.35. The Kier molecular flexibility index (Phi) is 7.47. The molecule has 3 aliphatic rings. The number of nitrogens with one attached hydrogen (secondary N) is 2. The minimum atomic E-state index is -0.932. The van der Waals surface area contributed by atoms with E-state index in [-0.39, 0.29) is 30.1 Å². The van der Waals surface area contributed by atoms with E-state index in [4.69, 9.17) is 5.11 Å². The molecule has 3 N–H and O–H groups in total. The number of carbonyl (C=O) groups is 3. The Labute approximate surface area is 193 Å². The molecule has 33 heavy (non-hydrogen) atoms. The number of hydrogen-bond acceptors (Lipinski definition) is 5. The van der Waals surface area contributed by atoms with Gasteiger partial charge in [-0.1, -0.05) is 6.07 Å². The number of piperidine rings is 1. The van der Waals surface area contributed by atoms with Crippen LogP contribution in [0.4, 0.5) is 14.9 Å². The van der Waals surface area contributed by atoms with E-state index in [1.807, 2.05) is 0 Å². The molecule has 0 aromatic heterocycles. The molecular formula is C24H33FN4O4. The van der Waals surface area contributed by atoms with E-state index >= 15 is 0 Å². The maximum Gasteiger partial charge on any atom is 0.404 e. The summed E-state index contributed by atoms with van der Waals surface area (Å²) in [6.07, 6.45) is 4.85. The van der Waals surface area contributed by atoms with Crippen LogP contribution in [-0.2, 0) is 9.59 Å². The Bertz CT molecular complexity index is 879. The molecule has 180 valence electrons. The lowest BCUT2D eigenvalue weighted by Crippen LogP contribution is -2.47. The van der Waals surface area contributed by atoms with Gasteiger partial charge >= 0.3 is 6.09 Å². The van der Waals surface area contributed by atoms with Gasteiger partial charge in [0.2, 0.25) is 11.8 Å². The number of anilines is 1. The number of benzene rings is 1. The minimum absolute atomic E-state index is 0.0959. The number of imide groups is 1. The lowest BCUT2D eigenvalue weighted by molar-refractivity contribution is -0.134. The Hall–Kier alpha value is -2.68. The van der Waals surface area contributed by atoms with Gasteiger partial charge in [0.1, 0.15) is 5.82 Å². The largest absolute Gasteiger partial charge is 0.465 e. The second-order valence-electron chi connectivity index (χ2n) is 9.50. The summed E-state index contributed by atoms with van der Waals surface area (Å²) >= 11 is 0. The Balaban J connectivity index is 1.22. The van der Waals surface area contributed by atoms with Gasteiger partial charge in [-0.3, -0.25) is 19.8 Å². The van der Waals surface area contributed by atoms with E-state index in [2.05, 4.69) is 20.4 Å². The normalized spacial score (nSPS) is 26.7. The summed E-state index contributed by atoms with van der Waals surface area (Å²) in [7, 11) is 0. The van der Waals surface area contributed by atoms with Crippen molar-refractivity contribution >= 4 is 23.6 Å². The van der Waals surface area contributed by atoms with Crippen LogP contribution in [0.5, 0.6) is 0 Å². The summed E-state index contributed by atoms with van der Waals surface area (Å²) in [4.78, 5) is 38.7. The van der Waals surface area contributed by atoms with Crippen LogP contribution in [0.25, 0.3) is 0 Å². The minimum Gasteiger partial charge on any atom is -0.465 e. The van der Waals surface area contributed by atoms with E-state index in [1.165, 1.54) is 6.07 Å². The smallest absolute Gasteiger partial charge is 0.404 e. The van der Waals surface area contributed by atoms with Crippen LogP contribution in [0.1, 0.15) is 56.4 Å². The van der Waals surface area contributed by atoms with E-state index in [0.29, 0.717) is 23.6 Å². The first kappa shape index (κ1) is 23.5. The number of piperazine rings is 1. The lowest BCUT2D eigenvalue weighted by atomic mass is 9.84. The zero-order valence-corrected chi connectivity index (χ0v) is 18.9. The maximum absolute atomic E-state index is 14.9. The van der Waals surface area contributed by atoms with Crippen molar-refractivity contribution in [3.05, 3.63) is 29.6 Å². The van der Waals surface area contributed by atoms with Crippen molar-refractivity contribution in [2.45, 2.75) is 56.9 Å². The highest BCUT2D eigenvalue weighted by Crippen LogP contribution is 2.30. The first-order valence-electron chi connectivity index (χ1n) is 12.0. The van der Waals surface area contributed by atoms with Crippen molar-refractivity contribution in [1.29, 1.82) is 0 Å². The van der Waals surface area contributed by atoms with Crippen molar-refractivity contribution in [1.82, 2.24) is 15.5 Å². The second-order valence-corrected chi connectivity index (χ2v) is 9.50. The van der Waals surface area contributed by atoms with E-state index < -0.39 is 12.0 Å². The average Bonchev–Trinajstić information content (AvgIpc) is 2.79. The molecule has 0 radical (unpaired) electrons. The highest BCUT2D eigenvalue weighted by Gasteiger charge is 2.29. The molecule has 3 fully saturated rings. The molecule has 2 heterocycles. The quantitative estimate of drug-likeness (QED) is 0.564. The van der Waals surface area contributed by atoms with Crippen LogP contribution >= 0.6 is 0 Å². The third-order valence-electron chi connectivity index (χ3n) is 7.35. The molecule has 1 aliphatic carbocycles. The van der Waals surface area contributed by atoms with Gasteiger partial charge < -0.3 is 15.3 Å². The maximum atomic E-state index is 14.9. The zero-order valence-electron chi connectivity index (χ0n) is 18.9. The van der Waals surface area contributed by atoms with Crippen LogP contribution in [0.2, 0.25) is 0 Å². The van der Waals surface area contributed by atoms with Crippen molar-refractivity contribution in [3.8, 4) is 0 Å². The first-order chi connectivity index (χ1) is 15.9. The highest BCUT2D eigenvalue weighted by molar-refractivity contribution is 6.00. The molecule has 8 nitrogen and oxygen atoms in total. The van der Waals surface area contributed by atoms with Gasteiger partial charge in [-0.2, -0.15) is 0 Å². The van der Waals surface area contributed by atoms with Crippen LogP contribution in [0.15, 0.2) is 18.2 Å². The summed E-state index contributed by atoms with van der Waals surface area (Å²) in [5, 5.41) is 13.8.